The molecule has 7 heteroatoms. The molecule has 5 nitrogen and oxygen atoms in total. The maximum Gasteiger partial charge on any atom is 0.475 e. The van der Waals surface area contributed by atoms with Crippen molar-refractivity contribution in [2.24, 2.45) is 5.73 Å². The van der Waals surface area contributed by atoms with Crippen molar-refractivity contribution >= 4 is 29.0 Å². The third-order valence-electron chi connectivity index (χ3n) is 3.42. The number of rotatable bonds is 3. The summed E-state index contributed by atoms with van der Waals surface area (Å²) in [4.78, 5) is 13.8. The molecule has 102 valence electrons. The van der Waals surface area contributed by atoms with Gasteiger partial charge in [-0.05, 0) is 30.5 Å². The number of carbonyl (C=O) groups excluding carboxylic acids is 1. The van der Waals surface area contributed by atoms with Gasteiger partial charge in [-0.3, -0.25) is 4.79 Å². The number of hydrogen-bond acceptors (Lipinski definition) is 4. The minimum Gasteiger partial charge on any atom is -0.426 e. The van der Waals surface area contributed by atoms with Crippen LogP contribution in [0.15, 0.2) is 28.7 Å². The van der Waals surface area contributed by atoms with Crippen LogP contribution >= 0.6 is 15.9 Å². The van der Waals surface area contributed by atoms with Crippen molar-refractivity contribution in [1.29, 1.82) is 0 Å². The second-order valence-corrected chi connectivity index (χ2v) is 5.60. The lowest BCUT2D eigenvalue weighted by Gasteiger charge is -2.27. The van der Waals surface area contributed by atoms with Gasteiger partial charge in [-0.15, -0.1) is 0 Å². The number of amides is 1. The average Bonchev–Trinajstić information content (AvgIpc) is 2.87. The number of carbonyl (C=O) groups is 1. The number of hydrogen-bond donors (Lipinski definition) is 3. The molecule has 4 N–H and O–H groups in total. The van der Waals surface area contributed by atoms with Crippen LogP contribution in [0.1, 0.15) is 24.4 Å². The maximum absolute atomic E-state index is 12.3. The molecular weight excluding hydrogens is 311 g/mol. The van der Waals surface area contributed by atoms with Crippen LogP contribution in [-0.4, -0.2) is 40.5 Å². The molecule has 0 spiro atoms. The highest BCUT2D eigenvalue weighted by Crippen LogP contribution is 2.23. The normalized spacial score (nSPS) is 20.4. The molecule has 1 amide bonds. The highest BCUT2D eigenvalue weighted by molar-refractivity contribution is 9.10. The summed E-state index contributed by atoms with van der Waals surface area (Å²) in [6.07, 6.45) is 1.36. The van der Waals surface area contributed by atoms with E-state index in [1.54, 1.807) is 12.1 Å². The SMILES string of the molecule is NC(C(=O)N1CCCC1B(O)O)c1ccc(Br)cc1. The highest BCUT2D eigenvalue weighted by atomic mass is 79.9. The van der Waals surface area contributed by atoms with Gasteiger partial charge < -0.3 is 20.7 Å². The molecule has 1 heterocycles. The molecule has 0 aromatic heterocycles. The van der Waals surface area contributed by atoms with Crippen molar-refractivity contribution in [3.05, 3.63) is 34.3 Å². The highest BCUT2D eigenvalue weighted by Gasteiger charge is 2.38. The molecule has 0 radical (unpaired) electrons. The van der Waals surface area contributed by atoms with E-state index in [9.17, 15) is 14.8 Å². The molecular formula is C12H16BBrN2O3. The molecule has 1 fully saturated rings. The van der Waals surface area contributed by atoms with E-state index < -0.39 is 19.1 Å². The third kappa shape index (κ3) is 3.17. The lowest BCUT2D eigenvalue weighted by Crippen LogP contribution is -2.48. The predicted molar refractivity (Wildman–Crippen MR) is 76.0 cm³/mol. The Morgan fingerprint density at radius 1 is 1.42 bits per heavy atom. The molecule has 1 aromatic carbocycles. The standard InChI is InChI=1S/C12H16BBrN2O3/c14-9-5-3-8(4-6-9)11(15)12(17)16-7-1-2-10(16)13(18)19/h3-6,10-11,18-19H,1-2,7,15H2. The summed E-state index contributed by atoms with van der Waals surface area (Å²) in [7, 11) is -1.51. The Morgan fingerprint density at radius 3 is 2.63 bits per heavy atom. The van der Waals surface area contributed by atoms with Gasteiger partial charge >= 0.3 is 7.12 Å². The quantitative estimate of drug-likeness (QED) is 0.704. The van der Waals surface area contributed by atoms with Crippen LogP contribution in [0.3, 0.4) is 0 Å². The maximum atomic E-state index is 12.3. The Kier molecular flexibility index (Phi) is 4.62. The van der Waals surface area contributed by atoms with Gasteiger partial charge in [-0.2, -0.15) is 0 Å². The van der Waals surface area contributed by atoms with Crippen molar-refractivity contribution in [3.63, 3.8) is 0 Å². The average molecular weight is 327 g/mol. The lowest BCUT2D eigenvalue weighted by molar-refractivity contribution is -0.132. The van der Waals surface area contributed by atoms with Crippen LogP contribution in [0.5, 0.6) is 0 Å². The van der Waals surface area contributed by atoms with Crippen molar-refractivity contribution < 1.29 is 14.8 Å². The van der Waals surface area contributed by atoms with Crippen molar-refractivity contribution in [1.82, 2.24) is 4.90 Å². The number of benzene rings is 1. The third-order valence-corrected chi connectivity index (χ3v) is 3.95. The zero-order valence-corrected chi connectivity index (χ0v) is 12.0. The smallest absolute Gasteiger partial charge is 0.426 e. The minimum atomic E-state index is -1.51. The Morgan fingerprint density at radius 2 is 2.05 bits per heavy atom. The Hall–Kier alpha value is -0.885. The first kappa shape index (κ1) is 14.5. The largest absolute Gasteiger partial charge is 0.475 e. The number of nitrogens with zero attached hydrogens (tertiary/aromatic N) is 1. The summed E-state index contributed by atoms with van der Waals surface area (Å²) < 4.78 is 0.917. The van der Waals surface area contributed by atoms with Gasteiger partial charge in [0.2, 0.25) is 5.91 Å². The number of halogens is 1. The van der Waals surface area contributed by atoms with E-state index in [0.29, 0.717) is 18.5 Å². The van der Waals surface area contributed by atoms with Gasteiger partial charge in [0.25, 0.3) is 0 Å². The first-order valence-electron chi connectivity index (χ1n) is 6.18. The topological polar surface area (TPSA) is 86.8 Å². The molecule has 2 atom stereocenters. The fraction of sp³-hybridized carbons (Fsp3) is 0.417. The second kappa shape index (κ2) is 6.05. The van der Waals surface area contributed by atoms with Crippen molar-refractivity contribution in [2.75, 3.05) is 6.54 Å². The van der Waals surface area contributed by atoms with Crippen LogP contribution in [0.25, 0.3) is 0 Å². The first-order chi connectivity index (χ1) is 9.00. The molecule has 1 aromatic rings. The van der Waals surface area contributed by atoms with Crippen LogP contribution in [0, 0.1) is 0 Å². The van der Waals surface area contributed by atoms with E-state index in [1.165, 1.54) is 4.90 Å². The zero-order valence-electron chi connectivity index (χ0n) is 10.4. The van der Waals surface area contributed by atoms with E-state index in [0.717, 1.165) is 10.9 Å². The summed E-state index contributed by atoms with van der Waals surface area (Å²) in [5.41, 5.74) is 6.68. The van der Waals surface area contributed by atoms with Crippen LogP contribution in [0.4, 0.5) is 0 Å². The monoisotopic (exact) mass is 326 g/mol. The van der Waals surface area contributed by atoms with Crippen LogP contribution < -0.4 is 5.73 Å². The van der Waals surface area contributed by atoms with Gasteiger partial charge in [0.05, 0.1) is 5.94 Å². The minimum absolute atomic E-state index is 0.266. The first-order valence-corrected chi connectivity index (χ1v) is 6.97. The van der Waals surface area contributed by atoms with Gasteiger partial charge in [-0.1, -0.05) is 28.1 Å². The molecule has 0 bridgehead atoms. The Labute approximate surface area is 120 Å². The van der Waals surface area contributed by atoms with E-state index in [2.05, 4.69) is 15.9 Å². The molecule has 1 aliphatic rings. The van der Waals surface area contributed by atoms with Crippen molar-refractivity contribution in [2.45, 2.75) is 24.8 Å². The summed E-state index contributed by atoms with van der Waals surface area (Å²) in [5, 5.41) is 18.5. The number of likely N-dealkylation sites (tertiary alicyclic amines) is 1. The Bertz CT molecular complexity index is 455. The molecule has 19 heavy (non-hydrogen) atoms. The van der Waals surface area contributed by atoms with Crippen molar-refractivity contribution in [3.8, 4) is 0 Å². The van der Waals surface area contributed by atoms with E-state index in [4.69, 9.17) is 5.73 Å². The van der Waals surface area contributed by atoms with Crippen LogP contribution in [-0.2, 0) is 4.79 Å². The van der Waals surface area contributed by atoms with E-state index in [1.807, 2.05) is 12.1 Å². The molecule has 1 aliphatic heterocycles. The van der Waals surface area contributed by atoms with E-state index in [-0.39, 0.29) is 5.91 Å². The van der Waals surface area contributed by atoms with Crippen LogP contribution in [0.2, 0.25) is 0 Å². The molecule has 0 saturated carbocycles. The summed E-state index contributed by atoms with van der Waals surface area (Å²) in [6, 6.07) is 6.45. The molecule has 0 aliphatic carbocycles. The second-order valence-electron chi connectivity index (χ2n) is 4.68. The molecule has 2 unspecified atom stereocenters. The molecule has 2 rings (SSSR count). The van der Waals surface area contributed by atoms with Gasteiger partial charge in [0.1, 0.15) is 6.04 Å². The summed E-state index contributed by atoms with van der Waals surface area (Å²) >= 11 is 3.32. The fourth-order valence-corrected chi connectivity index (χ4v) is 2.63. The van der Waals surface area contributed by atoms with Gasteiger partial charge in [-0.25, -0.2) is 0 Å². The Balaban J connectivity index is 2.12. The number of nitrogens with two attached hydrogens (primary N) is 1. The zero-order chi connectivity index (χ0) is 14.0. The molecule has 1 saturated heterocycles. The van der Waals surface area contributed by atoms with Gasteiger partial charge in [0.15, 0.2) is 0 Å². The fourth-order valence-electron chi connectivity index (χ4n) is 2.37. The van der Waals surface area contributed by atoms with Gasteiger partial charge in [0, 0.05) is 11.0 Å². The van der Waals surface area contributed by atoms with E-state index >= 15 is 0 Å². The summed E-state index contributed by atoms with van der Waals surface area (Å²) in [5.74, 6) is -0.813. The summed E-state index contributed by atoms with van der Waals surface area (Å²) in [6.45, 7) is 0.519. The predicted octanol–water partition coefficient (Wildman–Crippen LogP) is 0.452. The lowest BCUT2D eigenvalue weighted by atomic mass is 9.77.